The molecule has 0 radical (unpaired) electrons. The smallest absolute Gasteiger partial charge is 0.344 e. The van der Waals surface area contributed by atoms with Crippen LogP contribution in [-0.2, 0) is 16.4 Å². The van der Waals surface area contributed by atoms with Crippen molar-refractivity contribution in [3.63, 3.8) is 0 Å². The molecule has 0 saturated carbocycles. The third-order valence-electron chi connectivity index (χ3n) is 3.89. The van der Waals surface area contributed by atoms with Crippen molar-refractivity contribution in [1.82, 2.24) is 0 Å². The van der Waals surface area contributed by atoms with E-state index in [-0.39, 0.29) is 5.75 Å². The van der Waals surface area contributed by atoms with Crippen LogP contribution in [0.5, 0.6) is 0 Å². The third kappa shape index (κ3) is 3.62. The van der Waals surface area contributed by atoms with Gasteiger partial charge in [0.15, 0.2) is 6.54 Å². The molecule has 120 valence electrons. The summed E-state index contributed by atoms with van der Waals surface area (Å²) in [5, 5.41) is 0. The van der Waals surface area contributed by atoms with E-state index in [4.69, 9.17) is 4.42 Å². The van der Waals surface area contributed by atoms with E-state index >= 15 is 0 Å². The number of hydrogen-bond donors (Lipinski definition) is 0. The maximum Gasteiger partial charge on any atom is 0.344 e. The monoisotopic (exact) mass is 330 g/mol. The lowest BCUT2D eigenvalue weighted by atomic mass is 10.1. The van der Waals surface area contributed by atoms with E-state index in [2.05, 4.69) is 18.2 Å². The molecule has 2 aromatic carbocycles. The average Bonchev–Trinajstić information content (AvgIpc) is 2.82. The molecule has 0 aliphatic rings. The van der Waals surface area contributed by atoms with Crippen LogP contribution in [0.3, 0.4) is 0 Å². The normalized spacial score (nSPS) is 11.9. The average molecular weight is 330 g/mol. The van der Waals surface area contributed by atoms with Crippen LogP contribution in [0.4, 0.5) is 0 Å². The van der Waals surface area contributed by atoms with E-state index in [0.717, 1.165) is 28.1 Å². The molecule has 0 unspecified atom stereocenters. The van der Waals surface area contributed by atoms with E-state index in [9.17, 15) is 8.42 Å². The van der Waals surface area contributed by atoms with E-state index in [0.29, 0.717) is 13.0 Å². The van der Waals surface area contributed by atoms with Crippen LogP contribution in [0.2, 0.25) is 0 Å². The number of aromatic nitrogens is 1. The zero-order valence-electron chi connectivity index (χ0n) is 13.3. The summed E-state index contributed by atoms with van der Waals surface area (Å²) in [6, 6.07) is 16.3. The number of rotatable bonds is 5. The minimum atomic E-state index is -2.94. The predicted molar refractivity (Wildman–Crippen MR) is 90.9 cm³/mol. The summed E-state index contributed by atoms with van der Waals surface area (Å²) < 4.78 is 30.5. The van der Waals surface area contributed by atoms with Gasteiger partial charge in [-0.05, 0) is 17.2 Å². The molecule has 0 aliphatic heterocycles. The maximum atomic E-state index is 11.3. The first-order chi connectivity index (χ1) is 10.9. The van der Waals surface area contributed by atoms with Gasteiger partial charge in [0.05, 0.1) is 12.7 Å². The maximum absolute atomic E-state index is 11.3. The van der Waals surface area contributed by atoms with Gasteiger partial charge in [-0.1, -0.05) is 36.4 Å². The number of nitrogens with zero attached hydrogens (tertiary/aromatic N) is 1. The molecular formula is C18H20NO3S+. The highest BCUT2D eigenvalue weighted by Gasteiger charge is 2.20. The molecule has 4 nitrogen and oxygen atoms in total. The lowest BCUT2D eigenvalue weighted by Crippen LogP contribution is -2.36. The van der Waals surface area contributed by atoms with Gasteiger partial charge >= 0.3 is 5.89 Å². The second-order valence-corrected chi connectivity index (χ2v) is 8.06. The van der Waals surface area contributed by atoms with E-state index in [1.165, 1.54) is 6.26 Å². The van der Waals surface area contributed by atoms with E-state index < -0.39 is 9.84 Å². The Hall–Kier alpha value is -2.14. The van der Waals surface area contributed by atoms with Crippen molar-refractivity contribution in [3.05, 3.63) is 54.4 Å². The third-order valence-corrected chi connectivity index (χ3v) is 4.92. The number of aryl methyl sites for hydroxylation is 2. The van der Waals surface area contributed by atoms with Crippen LogP contribution in [0.15, 0.2) is 52.9 Å². The summed E-state index contributed by atoms with van der Waals surface area (Å²) in [5.74, 6) is 0.975. The van der Waals surface area contributed by atoms with Crippen LogP contribution in [0.1, 0.15) is 12.3 Å². The van der Waals surface area contributed by atoms with Gasteiger partial charge in [0.2, 0.25) is 5.58 Å². The zero-order chi connectivity index (χ0) is 16.4. The fourth-order valence-corrected chi connectivity index (χ4v) is 3.42. The van der Waals surface area contributed by atoms with Crippen LogP contribution in [0.25, 0.3) is 22.2 Å². The summed E-state index contributed by atoms with van der Waals surface area (Å²) in [5.41, 5.74) is 4.09. The molecule has 3 rings (SSSR count). The summed E-state index contributed by atoms with van der Waals surface area (Å²) in [6.07, 6.45) is 1.85. The van der Waals surface area contributed by atoms with Gasteiger partial charge in [0.1, 0.15) is 9.84 Å². The number of fused-ring (bicyclic) bond motifs is 1. The largest absolute Gasteiger partial charge is 0.402 e. The summed E-state index contributed by atoms with van der Waals surface area (Å²) in [6.45, 7) is 2.53. The summed E-state index contributed by atoms with van der Waals surface area (Å²) in [4.78, 5) is 0. The fraction of sp³-hybridized carbons (Fsp3) is 0.278. The molecule has 1 heterocycles. The molecule has 23 heavy (non-hydrogen) atoms. The quantitative estimate of drug-likeness (QED) is 0.675. The van der Waals surface area contributed by atoms with Gasteiger partial charge in [0.25, 0.3) is 5.52 Å². The fourth-order valence-electron chi connectivity index (χ4n) is 2.77. The first-order valence-electron chi connectivity index (χ1n) is 7.60. The van der Waals surface area contributed by atoms with Crippen LogP contribution in [-0.4, -0.2) is 20.4 Å². The molecule has 0 aliphatic carbocycles. The number of sulfone groups is 1. The van der Waals surface area contributed by atoms with Crippen molar-refractivity contribution in [3.8, 4) is 11.1 Å². The van der Waals surface area contributed by atoms with E-state index in [1.807, 2.05) is 41.8 Å². The Balaban J connectivity index is 1.96. The van der Waals surface area contributed by atoms with Gasteiger partial charge in [-0.3, -0.25) is 0 Å². The molecule has 0 spiro atoms. The second-order valence-electron chi connectivity index (χ2n) is 5.80. The molecule has 0 atom stereocenters. The van der Waals surface area contributed by atoms with Gasteiger partial charge in [-0.15, -0.1) is 0 Å². The van der Waals surface area contributed by atoms with Crippen LogP contribution in [0, 0.1) is 6.92 Å². The van der Waals surface area contributed by atoms with Gasteiger partial charge in [0, 0.05) is 18.7 Å². The Morgan fingerprint density at radius 2 is 1.78 bits per heavy atom. The van der Waals surface area contributed by atoms with Crippen molar-refractivity contribution in [2.75, 3.05) is 12.0 Å². The highest BCUT2D eigenvalue weighted by molar-refractivity contribution is 7.90. The molecule has 5 heteroatoms. The SMILES string of the molecule is Cc1oc2ccc(-c3ccccc3)cc2[n+]1CCCS(C)(=O)=O. The zero-order valence-corrected chi connectivity index (χ0v) is 14.1. The van der Waals surface area contributed by atoms with Crippen molar-refractivity contribution in [2.24, 2.45) is 0 Å². The van der Waals surface area contributed by atoms with Gasteiger partial charge in [-0.2, -0.15) is 4.57 Å². The number of hydrogen-bond acceptors (Lipinski definition) is 3. The Labute approximate surface area is 136 Å². The summed E-state index contributed by atoms with van der Waals surface area (Å²) in [7, 11) is -2.94. The molecule has 0 saturated heterocycles. The van der Waals surface area contributed by atoms with E-state index in [1.54, 1.807) is 0 Å². The first kappa shape index (κ1) is 15.7. The highest BCUT2D eigenvalue weighted by atomic mass is 32.2. The molecule has 0 bridgehead atoms. The Bertz CT molecular complexity index is 928. The highest BCUT2D eigenvalue weighted by Crippen LogP contribution is 2.23. The standard InChI is InChI=1S/C18H20NO3S/c1-14-19(11-6-12-23(2,20)21)17-13-16(9-10-18(17)22-14)15-7-4-3-5-8-15/h3-5,7-10,13H,6,11-12H2,1-2H3/q+1. The van der Waals surface area contributed by atoms with Crippen molar-refractivity contribution >= 4 is 20.9 Å². The lowest BCUT2D eigenvalue weighted by molar-refractivity contribution is -0.682. The number of benzene rings is 2. The predicted octanol–water partition coefficient (Wildman–Crippen LogP) is 3.13. The van der Waals surface area contributed by atoms with Gasteiger partial charge < -0.3 is 4.42 Å². The van der Waals surface area contributed by atoms with Gasteiger partial charge in [-0.25, -0.2) is 8.42 Å². The lowest BCUT2D eigenvalue weighted by Gasteiger charge is -2.00. The second kappa shape index (κ2) is 6.16. The molecule has 3 aromatic rings. The molecule has 0 N–H and O–H groups in total. The Morgan fingerprint density at radius 3 is 2.48 bits per heavy atom. The molecule has 0 fully saturated rings. The first-order valence-corrected chi connectivity index (χ1v) is 9.66. The molecule has 0 amide bonds. The van der Waals surface area contributed by atoms with Crippen molar-refractivity contribution in [1.29, 1.82) is 0 Å². The Kier molecular flexibility index (Phi) is 4.22. The molecule has 1 aromatic heterocycles. The van der Waals surface area contributed by atoms with Crippen molar-refractivity contribution in [2.45, 2.75) is 19.9 Å². The minimum absolute atomic E-state index is 0.185. The van der Waals surface area contributed by atoms with Crippen LogP contribution >= 0.6 is 0 Å². The molecular weight excluding hydrogens is 310 g/mol. The topological polar surface area (TPSA) is 51.2 Å². The number of oxazole rings is 1. The Morgan fingerprint density at radius 1 is 1.04 bits per heavy atom. The minimum Gasteiger partial charge on any atom is -0.402 e. The van der Waals surface area contributed by atoms with Crippen LogP contribution < -0.4 is 4.57 Å². The summed E-state index contributed by atoms with van der Waals surface area (Å²) >= 11 is 0. The van der Waals surface area contributed by atoms with Crippen molar-refractivity contribution < 1.29 is 17.4 Å².